The Kier molecular flexibility index (Phi) is 7.04. The van der Waals surface area contributed by atoms with Crippen molar-refractivity contribution >= 4 is 29.2 Å². The van der Waals surface area contributed by atoms with Gasteiger partial charge < -0.3 is 14.8 Å². The third kappa shape index (κ3) is 5.23. The fourth-order valence-corrected chi connectivity index (χ4v) is 2.56. The minimum atomic E-state index is -0.654. The molecule has 0 saturated heterocycles. The second-order valence-corrected chi connectivity index (χ2v) is 6.14. The lowest BCUT2D eigenvalue weighted by Crippen LogP contribution is -2.32. The highest BCUT2D eigenvalue weighted by atomic mass is 35.5. The van der Waals surface area contributed by atoms with E-state index in [2.05, 4.69) is 5.32 Å². The molecule has 1 N–H and O–H groups in total. The predicted octanol–water partition coefficient (Wildman–Crippen LogP) is 4.62. The number of ether oxygens (including phenoxy) is 2. The summed E-state index contributed by atoms with van der Waals surface area (Å²) in [5, 5.41) is 3.03. The summed E-state index contributed by atoms with van der Waals surface area (Å²) in [6, 6.07) is 12.2. The van der Waals surface area contributed by atoms with Crippen molar-refractivity contribution in [1.29, 1.82) is 0 Å². The molecule has 0 radical (unpaired) electrons. The Morgan fingerprint density at radius 1 is 1.15 bits per heavy atom. The summed E-state index contributed by atoms with van der Waals surface area (Å²) >= 11 is 6.04. The summed E-state index contributed by atoms with van der Waals surface area (Å²) < 4.78 is 10.8. The Hall–Kier alpha value is -2.53. The Balaban J connectivity index is 2.12. The zero-order chi connectivity index (χ0) is 19.1. The van der Waals surface area contributed by atoms with Gasteiger partial charge in [0.25, 0.3) is 5.91 Å². The maximum atomic E-state index is 12.5. The van der Waals surface area contributed by atoms with E-state index in [1.54, 1.807) is 19.1 Å². The standard InChI is InChI=1S/C20H22ClNO4/c1-4-18(26-15-8-6-7-13(3)11-15)19(23)22-14-9-10-17(21)16(12-14)20(24)25-5-2/h6-12,18H,4-5H2,1-3H3,(H,22,23)/t18-/m0/s1. The molecule has 2 aromatic rings. The Morgan fingerprint density at radius 2 is 1.92 bits per heavy atom. The van der Waals surface area contributed by atoms with Crippen molar-refractivity contribution in [3.8, 4) is 5.75 Å². The maximum Gasteiger partial charge on any atom is 0.339 e. The van der Waals surface area contributed by atoms with Gasteiger partial charge in [0, 0.05) is 5.69 Å². The van der Waals surface area contributed by atoms with E-state index < -0.39 is 12.1 Å². The van der Waals surface area contributed by atoms with Gasteiger partial charge in [0.2, 0.25) is 0 Å². The smallest absolute Gasteiger partial charge is 0.339 e. The molecular formula is C20H22ClNO4. The molecule has 0 saturated carbocycles. The van der Waals surface area contributed by atoms with Crippen LogP contribution in [0.15, 0.2) is 42.5 Å². The van der Waals surface area contributed by atoms with E-state index >= 15 is 0 Å². The molecule has 0 spiro atoms. The minimum Gasteiger partial charge on any atom is -0.481 e. The normalized spacial score (nSPS) is 11.5. The van der Waals surface area contributed by atoms with Crippen molar-refractivity contribution in [3.63, 3.8) is 0 Å². The highest BCUT2D eigenvalue weighted by molar-refractivity contribution is 6.33. The van der Waals surface area contributed by atoms with E-state index in [1.807, 2.05) is 38.1 Å². The Bertz CT molecular complexity index is 791. The van der Waals surface area contributed by atoms with Crippen molar-refractivity contribution in [3.05, 3.63) is 58.6 Å². The van der Waals surface area contributed by atoms with Crippen LogP contribution in [-0.2, 0) is 9.53 Å². The van der Waals surface area contributed by atoms with Crippen molar-refractivity contribution < 1.29 is 19.1 Å². The number of hydrogen-bond donors (Lipinski definition) is 1. The van der Waals surface area contributed by atoms with Gasteiger partial charge in [-0.1, -0.05) is 30.7 Å². The number of anilines is 1. The average Bonchev–Trinajstić information content (AvgIpc) is 2.61. The van der Waals surface area contributed by atoms with Gasteiger partial charge in [-0.2, -0.15) is 0 Å². The first-order valence-corrected chi connectivity index (χ1v) is 8.83. The van der Waals surface area contributed by atoms with Crippen molar-refractivity contribution in [2.24, 2.45) is 0 Å². The highest BCUT2D eigenvalue weighted by Gasteiger charge is 2.20. The van der Waals surface area contributed by atoms with E-state index in [0.29, 0.717) is 17.9 Å². The number of carbonyl (C=O) groups is 2. The quantitative estimate of drug-likeness (QED) is 0.717. The summed E-state index contributed by atoms with van der Waals surface area (Å²) in [6.45, 7) is 5.78. The molecular weight excluding hydrogens is 354 g/mol. The van der Waals surface area contributed by atoms with Crippen LogP contribution < -0.4 is 10.1 Å². The van der Waals surface area contributed by atoms with Crippen LogP contribution in [0.2, 0.25) is 5.02 Å². The van der Waals surface area contributed by atoms with E-state index in [9.17, 15) is 9.59 Å². The van der Waals surface area contributed by atoms with Gasteiger partial charge in [0.05, 0.1) is 17.2 Å². The summed E-state index contributed by atoms with van der Waals surface area (Å²) in [4.78, 5) is 24.5. The SMILES string of the molecule is CCOC(=O)c1cc(NC(=O)[C@H](CC)Oc2cccc(C)c2)ccc1Cl. The number of rotatable bonds is 7. The summed E-state index contributed by atoms with van der Waals surface area (Å²) in [5.41, 5.74) is 1.71. The average molecular weight is 376 g/mol. The zero-order valence-corrected chi connectivity index (χ0v) is 15.8. The Labute approximate surface area is 158 Å². The predicted molar refractivity (Wildman–Crippen MR) is 102 cm³/mol. The molecule has 0 bridgehead atoms. The maximum absolute atomic E-state index is 12.5. The molecule has 26 heavy (non-hydrogen) atoms. The topological polar surface area (TPSA) is 64.6 Å². The zero-order valence-electron chi connectivity index (χ0n) is 15.0. The van der Waals surface area contributed by atoms with Crippen LogP contribution >= 0.6 is 11.6 Å². The number of amides is 1. The van der Waals surface area contributed by atoms with Crippen molar-refractivity contribution in [2.75, 3.05) is 11.9 Å². The van der Waals surface area contributed by atoms with E-state index in [-0.39, 0.29) is 23.1 Å². The van der Waals surface area contributed by atoms with Gasteiger partial charge >= 0.3 is 5.97 Å². The second kappa shape index (κ2) is 9.25. The monoisotopic (exact) mass is 375 g/mol. The van der Waals surface area contributed by atoms with Crippen LogP contribution in [-0.4, -0.2) is 24.6 Å². The van der Waals surface area contributed by atoms with E-state index in [0.717, 1.165) is 5.56 Å². The molecule has 0 aliphatic heterocycles. The van der Waals surface area contributed by atoms with E-state index in [4.69, 9.17) is 21.1 Å². The van der Waals surface area contributed by atoms with Crippen LogP contribution in [0.25, 0.3) is 0 Å². The van der Waals surface area contributed by atoms with Crippen molar-refractivity contribution in [2.45, 2.75) is 33.3 Å². The molecule has 6 heteroatoms. The molecule has 0 unspecified atom stereocenters. The third-order valence-electron chi connectivity index (χ3n) is 3.66. The Morgan fingerprint density at radius 3 is 2.58 bits per heavy atom. The summed E-state index contributed by atoms with van der Waals surface area (Å²) in [6.07, 6.45) is -0.156. The van der Waals surface area contributed by atoms with Gasteiger partial charge in [-0.15, -0.1) is 0 Å². The molecule has 0 fully saturated rings. The first kappa shape index (κ1) is 19.8. The third-order valence-corrected chi connectivity index (χ3v) is 3.99. The van der Waals surface area contributed by atoms with Crippen LogP contribution in [0.3, 0.4) is 0 Å². The van der Waals surface area contributed by atoms with Gasteiger partial charge in [0.1, 0.15) is 5.75 Å². The molecule has 5 nitrogen and oxygen atoms in total. The van der Waals surface area contributed by atoms with Gasteiger partial charge in [-0.25, -0.2) is 4.79 Å². The number of nitrogens with one attached hydrogen (secondary N) is 1. The molecule has 0 aliphatic carbocycles. The largest absolute Gasteiger partial charge is 0.481 e. The summed E-state index contributed by atoms with van der Waals surface area (Å²) in [5.74, 6) is -0.196. The van der Waals surface area contributed by atoms with E-state index in [1.165, 1.54) is 6.07 Å². The second-order valence-electron chi connectivity index (χ2n) is 5.74. The summed E-state index contributed by atoms with van der Waals surface area (Å²) in [7, 11) is 0. The van der Waals surface area contributed by atoms with Crippen LogP contribution in [0.4, 0.5) is 5.69 Å². The fraction of sp³-hybridized carbons (Fsp3) is 0.300. The molecule has 1 amide bonds. The number of esters is 1. The number of hydrogen-bond acceptors (Lipinski definition) is 4. The number of benzene rings is 2. The molecule has 0 heterocycles. The minimum absolute atomic E-state index is 0.207. The lowest BCUT2D eigenvalue weighted by molar-refractivity contribution is -0.122. The van der Waals surface area contributed by atoms with Crippen LogP contribution in [0.5, 0.6) is 5.75 Å². The molecule has 2 rings (SSSR count). The molecule has 138 valence electrons. The van der Waals surface area contributed by atoms with Crippen LogP contribution in [0, 0.1) is 6.92 Å². The van der Waals surface area contributed by atoms with Gasteiger partial charge in [-0.05, 0) is 56.2 Å². The van der Waals surface area contributed by atoms with Gasteiger partial charge in [0.15, 0.2) is 6.10 Å². The fourth-order valence-electron chi connectivity index (χ4n) is 2.37. The van der Waals surface area contributed by atoms with Crippen molar-refractivity contribution in [1.82, 2.24) is 0 Å². The first-order valence-electron chi connectivity index (χ1n) is 8.45. The number of halogens is 1. The molecule has 0 aromatic heterocycles. The lowest BCUT2D eigenvalue weighted by Gasteiger charge is -2.18. The molecule has 0 aliphatic rings. The molecule has 1 atom stereocenters. The van der Waals surface area contributed by atoms with Crippen LogP contribution in [0.1, 0.15) is 36.2 Å². The number of aryl methyl sites for hydroxylation is 1. The number of carbonyl (C=O) groups excluding carboxylic acids is 2. The highest BCUT2D eigenvalue weighted by Crippen LogP contribution is 2.22. The lowest BCUT2D eigenvalue weighted by atomic mass is 10.2. The first-order chi connectivity index (χ1) is 12.4. The molecule has 2 aromatic carbocycles. The van der Waals surface area contributed by atoms with Gasteiger partial charge in [-0.3, -0.25) is 4.79 Å².